The lowest BCUT2D eigenvalue weighted by Gasteiger charge is -2.22. The van der Waals surface area contributed by atoms with Crippen molar-refractivity contribution in [3.63, 3.8) is 0 Å². The molecule has 1 N–H and O–H groups in total. The fourth-order valence-corrected chi connectivity index (χ4v) is 2.59. The summed E-state index contributed by atoms with van der Waals surface area (Å²) in [7, 11) is 0. The maximum absolute atomic E-state index is 12.1. The number of hydrogen-bond acceptors (Lipinski definition) is 7. The molecule has 0 bridgehead atoms. The van der Waals surface area contributed by atoms with Gasteiger partial charge in [0.15, 0.2) is 0 Å². The molecule has 0 aromatic carbocycles. The Balaban J connectivity index is 2.67. The van der Waals surface area contributed by atoms with Gasteiger partial charge in [-0.2, -0.15) is 0 Å². The van der Waals surface area contributed by atoms with Gasteiger partial charge in [0.2, 0.25) is 5.76 Å². The van der Waals surface area contributed by atoms with Crippen molar-refractivity contribution < 1.29 is 33.7 Å². The molecule has 134 valence electrons. The number of carbonyl (C=O) groups excluding carboxylic acids is 3. The summed E-state index contributed by atoms with van der Waals surface area (Å²) in [5.41, 5.74) is 2.53. The SMILES string of the molecule is CC(=O)OC1=C2C(=CC(C)(O)CC=C=C(C)CC2OC(C)=O)OC1=O. The van der Waals surface area contributed by atoms with Crippen LogP contribution in [-0.4, -0.2) is 34.7 Å². The van der Waals surface area contributed by atoms with E-state index in [4.69, 9.17) is 14.2 Å². The molecule has 0 saturated heterocycles. The summed E-state index contributed by atoms with van der Waals surface area (Å²) in [6, 6.07) is 0. The smallest absolute Gasteiger partial charge is 0.380 e. The summed E-state index contributed by atoms with van der Waals surface area (Å²) in [4.78, 5) is 35.0. The maximum atomic E-state index is 12.1. The first-order chi connectivity index (χ1) is 11.6. The van der Waals surface area contributed by atoms with Gasteiger partial charge in [-0.15, -0.1) is 5.73 Å². The number of fused-ring (bicyclic) bond motifs is 1. The number of carbonyl (C=O) groups is 3. The van der Waals surface area contributed by atoms with E-state index < -0.39 is 29.6 Å². The minimum Gasteiger partial charge on any atom is -0.457 e. The number of ether oxygens (including phenoxy) is 3. The lowest BCUT2D eigenvalue weighted by atomic mass is 9.94. The summed E-state index contributed by atoms with van der Waals surface area (Å²) in [6.07, 6.45) is 2.55. The molecule has 1 aliphatic carbocycles. The number of hydrogen-bond donors (Lipinski definition) is 1. The maximum Gasteiger partial charge on any atom is 0.380 e. The Morgan fingerprint density at radius 1 is 1.36 bits per heavy atom. The molecule has 0 amide bonds. The summed E-state index contributed by atoms with van der Waals surface area (Å²) < 4.78 is 15.5. The first kappa shape index (κ1) is 18.7. The Hall–Kier alpha value is -2.63. The molecule has 2 aliphatic rings. The van der Waals surface area contributed by atoms with E-state index >= 15 is 0 Å². The van der Waals surface area contributed by atoms with E-state index in [0.717, 1.165) is 12.5 Å². The highest BCUT2D eigenvalue weighted by Gasteiger charge is 2.40. The number of rotatable bonds is 2. The van der Waals surface area contributed by atoms with Crippen molar-refractivity contribution in [2.75, 3.05) is 0 Å². The van der Waals surface area contributed by atoms with Gasteiger partial charge >= 0.3 is 17.9 Å². The van der Waals surface area contributed by atoms with Crippen LogP contribution in [0.25, 0.3) is 0 Å². The number of aliphatic hydroxyl groups is 1. The quantitative estimate of drug-likeness (QED) is 0.462. The highest BCUT2D eigenvalue weighted by molar-refractivity contribution is 5.95. The van der Waals surface area contributed by atoms with Crippen molar-refractivity contribution in [3.8, 4) is 0 Å². The normalized spacial score (nSPS) is 26.3. The van der Waals surface area contributed by atoms with Gasteiger partial charge in [0.25, 0.3) is 0 Å². The fourth-order valence-electron chi connectivity index (χ4n) is 2.59. The second-order valence-corrected chi connectivity index (χ2v) is 6.23. The van der Waals surface area contributed by atoms with E-state index in [1.807, 2.05) is 0 Å². The first-order valence-electron chi connectivity index (χ1n) is 7.77. The lowest BCUT2D eigenvalue weighted by molar-refractivity contribution is -0.146. The van der Waals surface area contributed by atoms with Crippen molar-refractivity contribution in [1.82, 2.24) is 0 Å². The Morgan fingerprint density at radius 3 is 2.64 bits per heavy atom. The van der Waals surface area contributed by atoms with Gasteiger partial charge in [-0.1, -0.05) is 0 Å². The third-order valence-electron chi connectivity index (χ3n) is 3.57. The minimum atomic E-state index is -1.34. The van der Waals surface area contributed by atoms with Crippen LogP contribution in [0.2, 0.25) is 0 Å². The first-order valence-corrected chi connectivity index (χ1v) is 7.77. The highest BCUT2D eigenvalue weighted by atomic mass is 16.6. The second kappa shape index (κ2) is 7.09. The van der Waals surface area contributed by atoms with Crippen LogP contribution in [0.4, 0.5) is 0 Å². The van der Waals surface area contributed by atoms with Gasteiger partial charge in [0, 0.05) is 26.7 Å². The standard InChI is InChI=1S/C18H20O7/c1-10-6-5-7-18(4,22)9-14-15(13(8-10)23-11(2)19)16(17(21)25-14)24-12(3)20/h5,9,13,22H,7-8H2,1-4H3. The average Bonchev–Trinajstić information content (AvgIpc) is 2.71. The van der Waals surface area contributed by atoms with Crippen LogP contribution in [0, 0.1) is 0 Å². The highest BCUT2D eigenvalue weighted by Crippen LogP contribution is 2.36. The van der Waals surface area contributed by atoms with Crippen molar-refractivity contribution >= 4 is 17.9 Å². The van der Waals surface area contributed by atoms with Gasteiger partial charge in [-0.25, -0.2) is 4.79 Å². The van der Waals surface area contributed by atoms with E-state index in [9.17, 15) is 19.5 Å². The molecule has 2 atom stereocenters. The molecular formula is C18H20O7. The van der Waals surface area contributed by atoms with E-state index in [0.29, 0.717) is 0 Å². The lowest BCUT2D eigenvalue weighted by Crippen LogP contribution is -2.25. The van der Waals surface area contributed by atoms with E-state index in [1.54, 1.807) is 13.0 Å². The Morgan fingerprint density at radius 2 is 2.04 bits per heavy atom. The predicted octanol–water partition coefficient (Wildman–Crippen LogP) is 1.82. The second-order valence-electron chi connectivity index (χ2n) is 6.23. The van der Waals surface area contributed by atoms with Crippen LogP contribution in [0.1, 0.15) is 40.5 Å². The molecule has 7 nitrogen and oxygen atoms in total. The zero-order valence-corrected chi connectivity index (χ0v) is 14.5. The van der Waals surface area contributed by atoms with Crippen molar-refractivity contribution in [2.45, 2.75) is 52.2 Å². The summed E-state index contributed by atoms with van der Waals surface area (Å²) in [6.45, 7) is 5.69. The van der Waals surface area contributed by atoms with Gasteiger partial charge < -0.3 is 19.3 Å². The zero-order valence-electron chi connectivity index (χ0n) is 14.5. The van der Waals surface area contributed by atoms with E-state index in [2.05, 4.69) is 5.73 Å². The largest absolute Gasteiger partial charge is 0.457 e. The Bertz CT molecular complexity index is 745. The molecule has 2 rings (SSSR count). The molecule has 0 fully saturated rings. The van der Waals surface area contributed by atoms with E-state index in [-0.39, 0.29) is 29.9 Å². The van der Waals surface area contributed by atoms with Crippen LogP contribution < -0.4 is 0 Å². The van der Waals surface area contributed by atoms with Crippen LogP contribution in [0.5, 0.6) is 0 Å². The molecule has 7 heteroatoms. The Labute approximate surface area is 145 Å². The van der Waals surface area contributed by atoms with Gasteiger partial charge in [-0.3, -0.25) is 9.59 Å². The average molecular weight is 348 g/mol. The van der Waals surface area contributed by atoms with Gasteiger partial charge in [-0.05, 0) is 31.6 Å². The molecule has 0 aromatic heterocycles. The summed E-state index contributed by atoms with van der Waals surface area (Å²) in [5, 5.41) is 10.5. The summed E-state index contributed by atoms with van der Waals surface area (Å²) in [5.74, 6) is -2.48. The van der Waals surface area contributed by atoms with Crippen molar-refractivity contribution in [3.05, 3.63) is 40.5 Å². The van der Waals surface area contributed by atoms with Crippen LogP contribution in [0.15, 0.2) is 40.5 Å². The summed E-state index contributed by atoms with van der Waals surface area (Å²) >= 11 is 0. The fraction of sp³-hybridized carbons (Fsp3) is 0.444. The molecule has 1 aliphatic heterocycles. The molecule has 0 radical (unpaired) electrons. The third kappa shape index (κ3) is 4.68. The van der Waals surface area contributed by atoms with Crippen molar-refractivity contribution in [2.24, 2.45) is 0 Å². The predicted molar refractivity (Wildman–Crippen MR) is 85.6 cm³/mol. The van der Waals surface area contributed by atoms with E-state index in [1.165, 1.54) is 19.9 Å². The zero-order chi connectivity index (χ0) is 18.8. The Kier molecular flexibility index (Phi) is 5.30. The molecule has 2 unspecified atom stereocenters. The monoisotopic (exact) mass is 348 g/mol. The molecule has 1 heterocycles. The molecule has 25 heavy (non-hydrogen) atoms. The van der Waals surface area contributed by atoms with Crippen molar-refractivity contribution in [1.29, 1.82) is 0 Å². The van der Waals surface area contributed by atoms with Crippen LogP contribution >= 0.6 is 0 Å². The van der Waals surface area contributed by atoms with Crippen LogP contribution in [-0.2, 0) is 28.6 Å². The minimum absolute atomic E-state index is 0.0144. The van der Waals surface area contributed by atoms with Gasteiger partial charge in [0.1, 0.15) is 11.9 Å². The topological polar surface area (TPSA) is 99.1 Å². The van der Waals surface area contributed by atoms with Gasteiger partial charge in [0.05, 0.1) is 11.2 Å². The van der Waals surface area contributed by atoms with Crippen LogP contribution in [0.3, 0.4) is 0 Å². The molecule has 0 aromatic rings. The third-order valence-corrected chi connectivity index (χ3v) is 3.57. The molecule has 0 saturated carbocycles. The molecule has 0 spiro atoms. The molecular weight excluding hydrogens is 328 g/mol. The number of esters is 3.